The third kappa shape index (κ3) is 5.13. The van der Waals surface area contributed by atoms with Crippen molar-refractivity contribution in [1.82, 2.24) is 4.83 Å². The lowest BCUT2D eigenvalue weighted by Gasteiger charge is -2.10. The number of hydrazone groups is 1. The van der Waals surface area contributed by atoms with Crippen LogP contribution in [0.3, 0.4) is 0 Å². The summed E-state index contributed by atoms with van der Waals surface area (Å²) in [5, 5.41) is 3.81. The van der Waals surface area contributed by atoms with E-state index < -0.39 is 10.0 Å². The van der Waals surface area contributed by atoms with Crippen LogP contribution in [-0.4, -0.2) is 35.5 Å². The van der Waals surface area contributed by atoms with Crippen LogP contribution in [0.15, 0.2) is 52.5 Å². The monoisotopic (exact) mass is 378 g/mol. The van der Waals surface area contributed by atoms with Gasteiger partial charge in [0.2, 0.25) is 0 Å². The van der Waals surface area contributed by atoms with Crippen LogP contribution in [0, 0.1) is 0 Å². The lowest BCUT2D eigenvalue weighted by molar-refractivity contribution is 0.317. The summed E-state index contributed by atoms with van der Waals surface area (Å²) in [4.78, 5) is 2.12. The SMILES string of the molecule is CCCOc1ccc(/C=N/NS(=O)(=O)c2cc(OC)ccc2OC)cc1. The van der Waals surface area contributed by atoms with Crippen molar-refractivity contribution in [2.45, 2.75) is 18.2 Å². The van der Waals surface area contributed by atoms with Gasteiger partial charge in [-0.3, -0.25) is 0 Å². The van der Waals surface area contributed by atoms with Crippen molar-refractivity contribution in [3.8, 4) is 17.2 Å². The Labute approximate surface area is 153 Å². The van der Waals surface area contributed by atoms with Crippen LogP contribution in [0.2, 0.25) is 0 Å². The van der Waals surface area contributed by atoms with Gasteiger partial charge in [0.15, 0.2) is 0 Å². The Kier molecular flexibility index (Phi) is 6.85. The van der Waals surface area contributed by atoms with E-state index in [2.05, 4.69) is 9.93 Å². The predicted octanol–water partition coefficient (Wildman–Crippen LogP) is 2.81. The maximum Gasteiger partial charge on any atom is 0.280 e. The minimum Gasteiger partial charge on any atom is -0.497 e. The Hall–Kier alpha value is -2.74. The predicted molar refractivity (Wildman–Crippen MR) is 99.7 cm³/mol. The summed E-state index contributed by atoms with van der Waals surface area (Å²) < 4.78 is 40.6. The van der Waals surface area contributed by atoms with Crippen molar-refractivity contribution >= 4 is 16.2 Å². The molecule has 2 rings (SSSR count). The Morgan fingerprint density at radius 3 is 2.35 bits per heavy atom. The van der Waals surface area contributed by atoms with Crippen molar-refractivity contribution in [3.05, 3.63) is 48.0 Å². The highest BCUT2D eigenvalue weighted by molar-refractivity contribution is 7.89. The molecule has 0 spiro atoms. The first-order valence-electron chi connectivity index (χ1n) is 8.00. The first-order chi connectivity index (χ1) is 12.5. The van der Waals surface area contributed by atoms with E-state index >= 15 is 0 Å². The number of benzene rings is 2. The highest BCUT2D eigenvalue weighted by atomic mass is 32.2. The molecule has 2 aromatic rings. The summed E-state index contributed by atoms with van der Waals surface area (Å²) in [7, 11) is -1.05. The van der Waals surface area contributed by atoms with Crippen LogP contribution in [0.4, 0.5) is 0 Å². The van der Waals surface area contributed by atoms with Gasteiger partial charge < -0.3 is 14.2 Å². The fraction of sp³-hybridized carbons (Fsp3) is 0.278. The molecule has 0 bridgehead atoms. The zero-order chi connectivity index (χ0) is 19.0. The van der Waals surface area contributed by atoms with Crippen LogP contribution in [0.5, 0.6) is 17.2 Å². The molecule has 2 aromatic carbocycles. The van der Waals surface area contributed by atoms with Gasteiger partial charge in [0.05, 0.1) is 27.0 Å². The summed E-state index contributed by atoms with van der Waals surface area (Å²) in [6.07, 6.45) is 2.34. The van der Waals surface area contributed by atoms with E-state index in [1.54, 1.807) is 30.3 Å². The lowest BCUT2D eigenvalue weighted by atomic mass is 10.2. The van der Waals surface area contributed by atoms with E-state index in [9.17, 15) is 8.42 Å². The van der Waals surface area contributed by atoms with Gasteiger partial charge in [-0.1, -0.05) is 6.92 Å². The molecule has 7 nitrogen and oxygen atoms in total. The second-order valence-electron chi connectivity index (χ2n) is 5.29. The third-order valence-corrected chi connectivity index (χ3v) is 4.64. The molecule has 0 saturated carbocycles. The highest BCUT2D eigenvalue weighted by Gasteiger charge is 2.19. The number of sulfonamides is 1. The Bertz CT molecular complexity index is 848. The molecule has 0 amide bonds. The average Bonchev–Trinajstić information content (AvgIpc) is 2.66. The quantitative estimate of drug-likeness (QED) is 0.536. The first-order valence-corrected chi connectivity index (χ1v) is 9.48. The van der Waals surface area contributed by atoms with E-state index in [1.165, 1.54) is 32.6 Å². The number of methoxy groups -OCH3 is 2. The van der Waals surface area contributed by atoms with E-state index in [1.807, 2.05) is 6.92 Å². The molecular weight excluding hydrogens is 356 g/mol. The normalized spacial score (nSPS) is 11.3. The topological polar surface area (TPSA) is 86.2 Å². The second kappa shape index (κ2) is 9.10. The largest absolute Gasteiger partial charge is 0.497 e. The molecule has 8 heteroatoms. The molecule has 1 N–H and O–H groups in total. The summed E-state index contributed by atoms with van der Waals surface area (Å²) >= 11 is 0. The summed E-state index contributed by atoms with van der Waals surface area (Å²) in [6, 6.07) is 11.7. The van der Waals surface area contributed by atoms with Crippen molar-refractivity contribution in [1.29, 1.82) is 0 Å². The summed E-state index contributed by atoms with van der Waals surface area (Å²) in [6.45, 7) is 2.68. The van der Waals surface area contributed by atoms with E-state index in [-0.39, 0.29) is 10.6 Å². The number of hydrogen-bond donors (Lipinski definition) is 1. The molecule has 0 fully saturated rings. The number of nitrogens with zero attached hydrogens (tertiary/aromatic N) is 1. The fourth-order valence-corrected chi connectivity index (χ4v) is 3.06. The van der Waals surface area contributed by atoms with Gasteiger partial charge in [-0.2, -0.15) is 18.4 Å². The van der Waals surface area contributed by atoms with Crippen molar-refractivity contribution < 1.29 is 22.6 Å². The van der Waals surface area contributed by atoms with Gasteiger partial charge in [-0.15, -0.1) is 0 Å². The minimum atomic E-state index is -3.90. The molecule has 0 saturated heterocycles. The van der Waals surface area contributed by atoms with E-state index in [0.717, 1.165) is 17.7 Å². The third-order valence-electron chi connectivity index (χ3n) is 3.40. The zero-order valence-electron chi connectivity index (χ0n) is 14.9. The van der Waals surface area contributed by atoms with Crippen LogP contribution in [-0.2, 0) is 10.0 Å². The van der Waals surface area contributed by atoms with Crippen molar-refractivity contribution in [3.63, 3.8) is 0 Å². The molecule has 0 aliphatic rings. The molecule has 0 unspecified atom stereocenters. The Morgan fingerprint density at radius 1 is 1.04 bits per heavy atom. The molecule has 0 heterocycles. The zero-order valence-corrected chi connectivity index (χ0v) is 15.7. The molecule has 0 radical (unpaired) electrons. The Morgan fingerprint density at radius 2 is 1.73 bits per heavy atom. The number of hydrogen-bond acceptors (Lipinski definition) is 6. The molecular formula is C18H22N2O5S. The van der Waals surface area contributed by atoms with E-state index in [4.69, 9.17) is 14.2 Å². The fourth-order valence-electron chi connectivity index (χ4n) is 2.08. The molecule has 140 valence electrons. The number of nitrogens with one attached hydrogen (secondary N) is 1. The van der Waals surface area contributed by atoms with Gasteiger partial charge >= 0.3 is 0 Å². The van der Waals surface area contributed by atoms with Gasteiger partial charge in [0, 0.05) is 6.07 Å². The molecule has 0 aromatic heterocycles. The maximum atomic E-state index is 12.5. The minimum absolute atomic E-state index is 0.0557. The van der Waals surface area contributed by atoms with Crippen LogP contribution in [0.1, 0.15) is 18.9 Å². The van der Waals surface area contributed by atoms with E-state index in [0.29, 0.717) is 12.4 Å². The maximum absolute atomic E-state index is 12.5. The number of ether oxygens (including phenoxy) is 3. The molecule has 0 aliphatic carbocycles. The van der Waals surface area contributed by atoms with Crippen molar-refractivity contribution in [2.75, 3.05) is 20.8 Å². The standard InChI is InChI=1S/C18H22N2O5S/c1-4-11-25-15-7-5-14(6-8-15)13-19-20-26(21,22)18-12-16(23-2)9-10-17(18)24-3/h5-10,12-13,20H,4,11H2,1-3H3/b19-13+. The number of rotatable bonds is 9. The van der Waals surface area contributed by atoms with Gasteiger partial charge in [0.25, 0.3) is 10.0 Å². The molecule has 26 heavy (non-hydrogen) atoms. The summed E-state index contributed by atoms with van der Waals surface area (Å²) in [5.41, 5.74) is 0.731. The molecule has 0 aliphatic heterocycles. The summed E-state index contributed by atoms with van der Waals surface area (Å²) in [5.74, 6) is 1.36. The lowest BCUT2D eigenvalue weighted by Crippen LogP contribution is -2.19. The van der Waals surface area contributed by atoms with Crippen LogP contribution >= 0.6 is 0 Å². The Balaban J connectivity index is 2.11. The smallest absolute Gasteiger partial charge is 0.280 e. The highest BCUT2D eigenvalue weighted by Crippen LogP contribution is 2.27. The van der Waals surface area contributed by atoms with Crippen LogP contribution in [0.25, 0.3) is 0 Å². The van der Waals surface area contributed by atoms with Gasteiger partial charge in [-0.25, -0.2) is 0 Å². The average molecular weight is 378 g/mol. The van der Waals surface area contributed by atoms with Gasteiger partial charge in [0.1, 0.15) is 22.1 Å². The van der Waals surface area contributed by atoms with Crippen molar-refractivity contribution in [2.24, 2.45) is 5.10 Å². The second-order valence-corrected chi connectivity index (χ2v) is 6.92. The first kappa shape index (κ1) is 19.6. The van der Waals surface area contributed by atoms with Crippen LogP contribution < -0.4 is 19.0 Å². The van der Waals surface area contributed by atoms with Gasteiger partial charge in [-0.05, 0) is 48.4 Å². The molecule has 0 atom stereocenters.